The van der Waals surface area contributed by atoms with E-state index in [1.54, 1.807) is 12.1 Å². The second kappa shape index (κ2) is 6.34. The highest BCUT2D eigenvalue weighted by Gasteiger charge is 2.50. The number of carbonyl (C=O) groups is 2. The Morgan fingerprint density at radius 3 is 2.43 bits per heavy atom. The number of likely N-dealkylation sites (tertiary alicyclic amines) is 1. The second-order valence-corrected chi connectivity index (χ2v) is 7.04. The lowest BCUT2D eigenvalue weighted by Gasteiger charge is -2.34. The number of carboxylic acid groups (broad SMARTS) is 1. The Hall–Kier alpha value is -1.84. The number of hydrogen-bond acceptors (Lipinski definition) is 2. The third kappa shape index (κ3) is 3.26. The molecule has 124 valence electrons. The predicted octanol–water partition coefficient (Wildman–Crippen LogP) is 3.36. The minimum absolute atomic E-state index is 0.0389. The summed E-state index contributed by atoms with van der Waals surface area (Å²) in [5.41, 5.74) is 1.29. The highest BCUT2D eigenvalue weighted by Crippen LogP contribution is 2.50. The number of rotatable bonds is 5. The monoisotopic (exact) mass is 315 g/mol. The zero-order valence-electron chi connectivity index (χ0n) is 13.8. The molecule has 0 bridgehead atoms. The molecule has 1 aromatic rings. The van der Waals surface area contributed by atoms with Crippen molar-refractivity contribution in [2.45, 2.75) is 45.4 Å². The molecule has 4 nitrogen and oxygen atoms in total. The molecule has 1 heterocycles. The van der Waals surface area contributed by atoms with E-state index in [1.165, 1.54) is 0 Å². The number of benzene rings is 1. The molecule has 2 fully saturated rings. The van der Waals surface area contributed by atoms with Crippen molar-refractivity contribution in [1.29, 1.82) is 0 Å². The fourth-order valence-electron chi connectivity index (χ4n) is 3.76. The summed E-state index contributed by atoms with van der Waals surface area (Å²) in [6.07, 6.45) is 5.79. The quantitative estimate of drug-likeness (QED) is 0.906. The molecular weight excluding hydrogens is 290 g/mol. The molecule has 0 aromatic heterocycles. The van der Waals surface area contributed by atoms with Gasteiger partial charge in [-0.2, -0.15) is 0 Å². The normalized spacial score (nSPS) is 20.3. The molecule has 1 saturated heterocycles. The van der Waals surface area contributed by atoms with Crippen molar-refractivity contribution in [2.24, 2.45) is 11.3 Å². The van der Waals surface area contributed by atoms with Gasteiger partial charge in [-0.1, -0.05) is 25.1 Å². The highest BCUT2D eigenvalue weighted by atomic mass is 16.4. The van der Waals surface area contributed by atoms with Crippen LogP contribution in [0.5, 0.6) is 0 Å². The van der Waals surface area contributed by atoms with Crippen molar-refractivity contribution in [2.75, 3.05) is 13.1 Å². The standard InChI is InChI=1S/C19H25NO3/c1-2-19(9-10-19)18(23)20-11-7-14(8-12-20)13-15-5-3-4-6-16(15)17(21)22/h3-6,14H,2,7-13H2,1H3,(H,21,22). The molecule has 1 amide bonds. The fourth-order valence-corrected chi connectivity index (χ4v) is 3.76. The van der Waals surface area contributed by atoms with E-state index in [-0.39, 0.29) is 5.41 Å². The lowest BCUT2D eigenvalue weighted by atomic mass is 9.87. The minimum Gasteiger partial charge on any atom is -0.478 e. The molecule has 0 unspecified atom stereocenters. The molecule has 2 aliphatic rings. The van der Waals surface area contributed by atoms with Crippen LogP contribution in [-0.4, -0.2) is 35.0 Å². The summed E-state index contributed by atoms with van der Waals surface area (Å²) in [5.74, 6) is -0.0347. The second-order valence-electron chi connectivity index (χ2n) is 7.04. The van der Waals surface area contributed by atoms with Gasteiger partial charge in [-0.05, 0) is 56.1 Å². The van der Waals surface area contributed by atoms with Crippen LogP contribution in [0.4, 0.5) is 0 Å². The Kier molecular flexibility index (Phi) is 4.42. The molecule has 1 saturated carbocycles. The summed E-state index contributed by atoms with van der Waals surface area (Å²) in [6.45, 7) is 3.75. The number of nitrogens with zero attached hydrogens (tertiary/aromatic N) is 1. The maximum Gasteiger partial charge on any atom is 0.335 e. The van der Waals surface area contributed by atoms with Crippen LogP contribution in [0.3, 0.4) is 0 Å². The molecule has 1 aliphatic heterocycles. The average Bonchev–Trinajstić information content (AvgIpc) is 3.36. The number of aromatic carboxylic acids is 1. The fraction of sp³-hybridized carbons (Fsp3) is 0.579. The van der Waals surface area contributed by atoms with Gasteiger partial charge in [0.1, 0.15) is 0 Å². The van der Waals surface area contributed by atoms with Crippen LogP contribution in [0.15, 0.2) is 24.3 Å². The van der Waals surface area contributed by atoms with Crippen molar-refractivity contribution in [3.63, 3.8) is 0 Å². The lowest BCUT2D eigenvalue weighted by molar-refractivity contribution is -0.138. The van der Waals surface area contributed by atoms with Gasteiger partial charge in [0.15, 0.2) is 0 Å². The first-order chi connectivity index (χ1) is 11.1. The molecule has 3 rings (SSSR count). The smallest absolute Gasteiger partial charge is 0.335 e. The van der Waals surface area contributed by atoms with E-state index >= 15 is 0 Å². The van der Waals surface area contributed by atoms with Crippen LogP contribution in [0, 0.1) is 11.3 Å². The average molecular weight is 315 g/mol. The number of carbonyl (C=O) groups excluding carboxylic acids is 1. The summed E-state index contributed by atoms with van der Waals surface area (Å²) in [6, 6.07) is 7.26. The van der Waals surface area contributed by atoms with Crippen LogP contribution in [-0.2, 0) is 11.2 Å². The SMILES string of the molecule is CCC1(C(=O)N2CCC(Cc3ccccc3C(=O)O)CC2)CC1. The Bertz CT molecular complexity index is 598. The van der Waals surface area contributed by atoms with Gasteiger partial charge in [-0.25, -0.2) is 4.79 Å². The van der Waals surface area contributed by atoms with Crippen molar-refractivity contribution in [1.82, 2.24) is 4.90 Å². The maximum absolute atomic E-state index is 12.6. The van der Waals surface area contributed by atoms with E-state index in [9.17, 15) is 14.7 Å². The summed E-state index contributed by atoms with van der Waals surface area (Å²) < 4.78 is 0. The molecule has 1 N–H and O–H groups in total. The minimum atomic E-state index is -0.855. The molecule has 23 heavy (non-hydrogen) atoms. The van der Waals surface area contributed by atoms with Crippen molar-refractivity contribution in [3.8, 4) is 0 Å². The van der Waals surface area contributed by atoms with E-state index < -0.39 is 5.97 Å². The summed E-state index contributed by atoms with van der Waals surface area (Å²) in [5, 5.41) is 9.28. The van der Waals surface area contributed by atoms with Crippen LogP contribution in [0.1, 0.15) is 54.9 Å². The Morgan fingerprint density at radius 2 is 1.87 bits per heavy atom. The van der Waals surface area contributed by atoms with Crippen molar-refractivity contribution >= 4 is 11.9 Å². The van der Waals surface area contributed by atoms with Gasteiger partial charge in [-0.3, -0.25) is 4.79 Å². The van der Waals surface area contributed by atoms with E-state index in [2.05, 4.69) is 6.92 Å². The third-order valence-corrected chi connectivity index (χ3v) is 5.64. The van der Waals surface area contributed by atoms with Gasteiger partial charge in [0, 0.05) is 18.5 Å². The van der Waals surface area contributed by atoms with E-state index in [4.69, 9.17) is 0 Å². The first kappa shape index (κ1) is 16.0. The van der Waals surface area contributed by atoms with Crippen LogP contribution in [0.25, 0.3) is 0 Å². The van der Waals surface area contributed by atoms with E-state index in [0.717, 1.165) is 57.2 Å². The maximum atomic E-state index is 12.6. The van der Waals surface area contributed by atoms with Crippen LogP contribution >= 0.6 is 0 Å². The Labute approximate surface area is 137 Å². The molecule has 1 aromatic carbocycles. The number of piperidine rings is 1. The van der Waals surface area contributed by atoms with Gasteiger partial charge in [0.2, 0.25) is 5.91 Å². The van der Waals surface area contributed by atoms with Crippen LogP contribution in [0.2, 0.25) is 0 Å². The molecule has 4 heteroatoms. The van der Waals surface area contributed by atoms with Crippen molar-refractivity contribution < 1.29 is 14.7 Å². The summed E-state index contributed by atoms with van der Waals surface area (Å²) in [4.78, 5) is 25.9. The van der Waals surface area contributed by atoms with Crippen LogP contribution < -0.4 is 0 Å². The van der Waals surface area contributed by atoms with Crippen molar-refractivity contribution in [3.05, 3.63) is 35.4 Å². The Balaban J connectivity index is 1.58. The zero-order valence-corrected chi connectivity index (χ0v) is 13.8. The molecule has 1 aliphatic carbocycles. The van der Waals surface area contributed by atoms with E-state index in [0.29, 0.717) is 17.4 Å². The van der Waals surface area contributed by atoms with Gasteiger partial charge >= 0.3 is 5.97 Å². The van der Waals surface area contributed by atoms with Gasteiger partial charge < -0.3 is 10.0 Å². The molecule has 0 radical (unpaired) electrons. The van der Waals surface area contributed by atoms with Gasteiger partial charge in [0.05, 0.1) is 5.56 Å². The predicted molar refractivity (Wildman–Crippen MR) is 88.4 cm³/mol. The zero-order chi connectivity index (χ0) is 16.4. The molecule has 0 spiro atoms. The number of amides is 1. The van der Waals surface area contributed by atoms with Gasteiger partial charge in [-0.15, -0.1) is 0 Å². The number of hydrogen-bond donors (Lipinski definition) is 1. The molecular formula is C19H25NO3. The summed E-state index contributed by atoms with van der Waals surface area (Å²) >= 11 is 0. The third-order valence-electron chi connectivity index (χ3n) is 5.64. The topological polar surface area (TPSA) is 57.6 Å². The first-order valence-corrected chi connectivity index (χ1v) is 8.66. The highest BCUT2D eigenvalue weighted by molar-refractivity contribution is 5.89. The Morgan fingerprint density at radius 1 is 1.22 bits per heavy atom. The first-order valence-electron chi connectivity index (χ1n) is 8.66. The largest absolute Gasteiger partial charge is 0.478 e. The number of carboxylic acids is 1. The van der Waals surface area contributed by atoms with Gasteiger partial charge in [0.25, 0.3) is 0 Å². The summed E-state index contributed by atoms with van der Waals surface area (Å²) in [7, 11) is 0. The lowest BCUT2D eigenvalue weighted by Crippen LogP contribution is -2.42. The van der Waals surface area contributed by atoms with E-state index in [1.807, 2.05) is 17.0 Å². The molecule has 0 atom stereocenters.